The van der Waals surface area contributed by atoms with Crippen molar-refractivity contribution in [2.75, 3.05) is 19.6 Å². The van der Waals surface area contributed by atoms with Gasteiger partial charge in [0.2, 0.25) is 0 Å². The van der Waals surface area contributed by atoms with Gasteiger partial charge in [0, 0.05) is 35.3 Å². The summed E-state index contributed by atoms with van der Waals surface area (Å²) in [4.78, 5) is 5.41. The highest BCUT2D eigenvalue weighted by Gasteiger charge is 2.27. The molecule has 1 saturated heterocycles. The van der Waals surface area contributed by atoms with Crippen LogP contribution in [0.25, 0.3) is 10.4 Å². The Morgan fingerprint density at radius 1 is 1.00 bits per heavy atom. The zero-order valence-corrected chi connectivity index (χ0v) is 17.5. The van der Waals surface area contributed by atoms with Crippen molar-refractivity contribution in [3.05, 3.63) is 59.0 Å². The number of rotatable bonds is 4. The highest BCUT2D eigenvalue weighted by Crippen LogP contribution is 2.31. The van der Waals surface area contributed by atoms with Gasteiger partial charge in [-0.1, -0.05) is 30.3 Å². The van der Waals surface area contributed by atoms with Gasteiger partial charge in [-0.25, -0.2) is 0 Å². The van der Waals surface area contributed by atoms with E-state index in [4.69, 9.17) is 0 Å². The molecule has 7 heteroatoms. The summed E-state index contributed by atoms with van der Waals surface area (Å²) in [6, 6.07) is 15.2. The Morgan fingerprint density at radius 2 is 1.82 bits per heavy atom. The number of hydrogen-bond donors (Lipinski definition) is 1. The van der Waals surface area contributed by atoms with Crippen LogP contribution in [0.15, 0.2) is 42.5 Å². The van der Waals surface area contributed by atoms with Gasteiger partial charge >= 0.3 is 0 Å². The summed E-state index contributed by atoms with van der Waals surface area (Å²) in [5.41, 5.74) is 1.32. The first kappa shape index (κ1) is 19.6. The summed E-state index contributed by atoms with van der Waals surface area (Å²) < 4.78 is 2.35. The molecule has 28 heavy (non-hydrogen) atoms. The SMILES string of the molecule is Cl.c1ccc(-c2ccc(CN3CCC(c4nnc5n4CCNC5)CC3)s2)cc1. The summed E-state index contributed by atoms with van der Waals surface area (Å²) >= 11 is 1.92. The minimum atomic E-state index is 0. The van der Waals surface area contributed by atoms with E-state index in [1.807, 2.05) is 11.3 Å². The second-order valence-electron chi connectivity index (χ2n) is 7.49. The molecular formula is C21H26ClN5S. The minimum absolute atomic E-state index is 0. The number of nitrogens with zero attached hydrogens (tertiary/aromatic N) is 4. The molecule has 1 fully saturated rings. The van der Waals surface area contributed by atoms with Crippen LogP contribution in [-0.4, -0.2) is 39.3 Å². The van der Waals surface area contributed by atoms with Gasteiger partial charge < -0.3 is 9.88 Å². The molecule has 2 aliphatic heterocycles. The molecule has 5 rings (SSSR count). The standard InChI is InChI=1S/C21H25N5S.ClH/c1-2-4-16(5-3-1)19-7-6-18(27-19)15-25-11-8-17(9-12-25)21-24-23-20-14-22-10-13-26(20)21;/h1-7,17,22H,8-15H2;1H. The van der Waals surface area contributed by atoms with E-state index in [0.29, 0.717) is 5.92 Å². The Labute approximate surface area is 176 Å². The molecule has 2 aliphatic rings. The van der Waals surface area contributed by atoms with Crippen LogP contribution in [0, 0.1) is 0 Å². The van der Waals surface area contributed by atoms with Crippen molar-refractivity contribution in [3.63, 3.8) is 0 Å². The number of benzene rings is 1. The molecule has 0 atom stereocenters. The predicted molar refractivity (Wildman–Crippen MR) is 116 cm³/mol. The van der Waals surface area contributed by atoms with Gasteiger partial charge in [-0.3, -0.25) is 4.90 Å². The lowest BCUT2D eigenvalue weighted by Crippen LogP contribution is -2.34. The monoisotopic (exact) mass is 415 g/mol. The van der Waals surface area contributed by atoms with Gasteiger partial charge in [-0.05, 0) is 43.6 Å². The molecule has 3 aromatic rings. The molecule has 0 spiro atoms. The maximum atomic E-state index is 4.52. The first-order valence-electron chi connectivity index (χ1n) is 9.86. The molecule has 0 bridgehead atoms. The van der Waals surface area contributed by atoms with Gasteiger partial charge in [-0.15, -0.1) is 33.9 Å². The number of fused-ring (bicyclic) bond motifs is 1. The van der Waals surface area contributed by atoms with Crippen molar-refractivity contribution in [2.24, 2.45) is 0 Å². The van der Waals surface area contributed by atoms with Crippen LogP contribution in [0.1, 0.15) is 35.3 Å². The van der Waals surface area contributed by atoms with Crippen molar-refractivity contribution >= 4 is 23.7 Å². The van der Waals surface area contributed by atoms with Crippen LogP contribution in [0.5, 0.6) is 0 Å². The zero-order valence-electron chi connectivity index (χ0n) is 15.9. The van der Waals surface area contributed by atoms with E-state index in [0.717, 1.165) is 45.1 Å². The molecular weight excluding hydrogens is 390 g/mol. The Bertz CT molecular complexity index is 899. The van der Waals surface area contributed by atoms with Crippen LogP contribution in [0.3, 0.4) is 0 Å². The summed E-state index contributed by atoms with van der Waals surface area (Å²) in [6.45, 7) is 6.24. The van der Waals surface area contributed by atoms with Gasteiger partial charge in [-0.2, -0.15) is 0 Å². The molecule has 1 N–H and O–H groups in total. The Morgan fingerprint density at radius 3 is 2.64 bits per heavy atom. The highest BCUT2D eigenvalue weighted by molar-refractivity contribution is 7.15. The minimum Gasteiger partial charge on any atom is -0.312 e. The summed E-state index contributed by atoms with van der Waals surface area (Å²) in [6.07, 6.45) is 2.37. The third-order valence-corrected chi connectivity index (χ3v) is 6.82. The molecule has 2 aromatic heterocycles. The molecule has 0 unspecified atom stereocenters. The van der Waals surface area contributed by atoms with E-state index in [1.165, 1.54) is 34.0 Å². The first-order chi connectivity index (χ1) is 13.4. The van der Waals surface area contributed by atoms with Crippen molar-refractivity contribution in [3.8, 4) is 10.4 Å². The molecule has 1 aromatic carbocycles. The molecule has 0 aliphatic carbocycles. The highest BCUT2D eigenvalue weighted by atomic mass is 35.5. The third kappa shape index (κ3) is 4.01. The van der Waals surface area contributed by atoms with E-state index < -0.39 is 0 Å². The van der Waals surface area contributed by atoms with Crippen LogP contribution in [0.4, 0.5) is 0 Å². The zero-order chi connectivity index (χ0) is 18.1. The van der Waals surface area contributed by atoms with Crippen molar-refractivity contribution in [2.45, 2.75) is 38.4 Å². The van der Waals surface area contributed by atoms with Crippen LogP contribution >= 0.6 is 23.7 Å². The largest absolute Gasteiger partial charge is 0.312 e. The van der Waals surface area contributed by atoms with E-state index in [9.17, 15) is 0 Å². The number of aromatic nitrogens is 3. The van der Waals surface area contributed by atoms with Gasteiger partial charge in [0.15, 0.2) is 0 Å². The summed E-state index contributed by atoms with van der Waals surface area (Å²) in [5, 5.41) is 12.3. The Balaban J connectivity index is 0.00000192. The fourth-order valence-corrected chi connectivity index (χ4v) is 5.26. The normalized spacial score (nSPS) is 17.9. The predicted octanol–water partition coefficient (Wildman–Crippen LogP) is 3.91. The molecule has 4 heterocycles. The van der Waals surface area contributed by atoms with E-state index in [1.54, 1.807) is 0 Å². The number of nitrogens with one attached hydrogen (secondary N) is 1. The molecule has 5 nitrogen and oxygen atoms in total. The smallest absolute Gasteiger partial charge is 0.147 e. The number of halogens is 1. The lowest BCUT2D eigenvalue weighted by molar-refractivity contribution is 0.201. The lowest BCUT2D eigenvalue weighted by Gasteiger charge is -2.31. The summed E-state index contributed by atoms with van der Waals surface area (Å²) in [7, 11) is 0. The van der Waals surface area contributed by atoms with Crippen molar-refractivity contribution in [1.29, 1.82) is 0 Å². The topological polar surface area (TPSA) is 46.0 Å². The maximum absolute atomic E-state index is 4.52. The fraction of sp³-hybridized carbons (Fsp3) is 0.429. The average molecular weight is 416 g/mol. The van der Waals surface area contributed by atoms with E-state index >= 15 is 0 Å². The third-order valence-electron chi connectivity index (χ3n) is 5.70. The average Bonchev–Trinajstić information content (AvgIpc) is 3.37. The first-order valence-corrected chi connectivity index (χ1v) is 10.7. The van der Waals surface area contributed by atoms with Crippen molar-refractivity contribution in [1.82, 2.24) is 25.0 Å². The van der Waals surface area contributed by atoms with Crippen LogP contribution in [-0.2, 0) is 19.6 Å². The second kappa shape index (κ2) is 8.74. The van der Waals surface area contributed by atoms with Crippen molar-refractivity contribution < 1.29 is 0 Å². The number of hydrogen-bond acceptors (Lipinski definition) is 5. The number of piperidine rings is 1. The Hall–Kier alpha value is -1.73. The molecule has 0 radical (unpaired) electrons. The fourth-order valence-electron chi connectivity index (χ4n) is 4.21. The van der Waals surface area contributed by atoms with Gasteiger partial charge in [0.05, 0.1) is 6.54 Å². The van der Waals surface area contributed by atoms with Crippen LogP contribution in [0.2, 0.25) is 0 Å². The second-order valence-corrected chi connectivity index (χ2v) is 8.65. The maximum Gasteiger partial charge on any atom is 0.147 e. The van der Waals surface area contributed by atoms with E-state index in [-0.39, 0.29) is 12.4 Å². The quantitative estimate of drug-likeness (QED) is 0.701. The lowest BCUT2D eigenvalue weighted by atomic mass is 9.95. The van der Waals surface area contributed by atoms with Crippen LogP contribution < -0.4 is 5.32 Å². The Kier molecular flexibility index (Phi) is 6.11. The molecule has 148 valence electrons. The van der Waals surface area contributed by atoms with Gasteiger partial charge in [0.1, 0.15) is 11.6 Å². The number of thiophene rings is 1. The van der Waals surface area contributed by atoms with E-state index in [2.05, 4.69) is 67.4 Å². The molecule has 0 saturated carbocycles. The van der Waals surface area contributed by atoms with Gasteiger partial charge in [0.25, 0.3) is 0 Å². The number of likely N-dealkylation sites (tertiary alicyclic amines) is 1. The molecule has 0 amide bonds. The summed E-state index contributed by atoms with van der Waals surface area (Å²) in [5.74, 6) is 2.88.